The molecule has 0 amide bonds. The summed E-state index contributed by atoms with van der Waals surface area (Å²) in [6.45, 7) is 4.53. The minimum absolute atomic E-state index is 0.0221. The highest BCUT2D eigenvalue weighted by Gasteiger charge is 2.59. The van der Waals surface area contributed by atoms with Gasteiger partial charge in [0, 0.05) is 12.3 Å². The maximum Gasteiger partial charge on any atom is 0.161 e. The fourth-order valence-electron chi connectivity index (χ4n) is 7.26. The number of allylic oxidation sites excluding steroid dienone is 1. The van der Waals surface area contributed by atoms with Crippen LogP contribution < -0.4 is 0 Å². The molecule has 136 valence electrons. The van der Waals surface area contributed by atoms with Gasteiger partial charge in [0.05, 0.1) is 0 Å². The monoisotopic (exact) mass is 343 g/mol. The summed E-state index contributed by atoms with van der Waals surface area (Å²) in [4.78, 5) is 34.9. The Bertz CT molecular complexity index is 654. The third-order valence-corrected chi connectivity index (χ3v) is 8.57. The highest BCUT2D eigenvalue weighted by molar-refractivity contribution is 5.91. The number of ketones is 2. The van der Waals surface area contributed by atoms with Crippen molar-refractivity contribution in [3.05, 3.63) is 16.6 Å². The van der Waals surface area contributed by atoms with Crippen molar-refractivity contribution < 1.29 is 9.59 Å². The molecular formula is C21H29NO3. The van der Waals surface area contributed by atoms with Gasteiger partial charge in [-0.15, -0.1) is 0 Å². The van der Waals surface area contributed by atoms with Gasteiger partial charge in [-0.3, -0.25) is 9.59 Å². The topological polar surface area (TPSA) is 63.6 Å². The third kappa shape index (κ3) is 2.39. The Kier molecular flexibility index (Phi) is 4.01. The molecule has 0 N–H and O–H groups in total. The summed E-state index contributed by atoms with van der Waals surface area (Å²) in [6.07, 6.45) is 10.1. The van der Waals surface area contributed by atoms with Crippen molar-refractivity contribution >= 4 is 11.6 Å². The van der Waals surface area contributed by atoms with Crippen molar-refractivity contribution in [3.8, 4) is 0 Å². The lowest BCUT2D eigenvalue weighted by Gasteiger charge is -2.58. The predicted octanol–water partition coefficient (Wildman–Crippen LogP) is 4.47. The van der Waals surface area contributed by atoms with Crippen molar-refractivity contribution in [2.24, 2.45) is 39.7 Å². The Morgan fingerprint density at radius 2 is 1.92 bits per heavy atom. The lowest BCUT2D eigenvalue weighted by molar-refractivity contribution is -0.129. The highest BCUT2D eigenvalue weighted by atomic mass is 16.3. The maximum absolute atomic E-state index is 12.5. The average molecular weight is 343 g/mol. The summed E-state index contributed by atoms with van der Waals surface area (Å²) in [7, 11) is 0. The Labute approximate surface area is 149 Å². The molecule has 3 saturated carbocycles. The fraction of sp³-hybridized carbons (Fsp3) is 0.810. The van der Waals surface area contributed by atoms with Crippen LogP contribution in [0.3, 0.4) is 0 Å². The average Bonchev–Trinajstić information content (AvgIpc) is 2.93. The van der Waals surface area contributed by atoms with Gasteiger partial charge in [-0.1, -0.05) is 24.6 Å². The maximum atomic E-state index is 12.5. The molecule has 0 aromatic carbocycles. The molecule has 0 aromatic rings. The molecule has 4 aliphatic rings. The van der Waals surface area contributed by atoms with Crippen molar-refractivity contribution in [3.63, 3.8) is 0 Å². The Morgan fingerprint density at radius 1 is 1.12 bits per heavy atom. The number of hydrogen-bond acceptors (Lipinski definition) is 4. The Hall–Kier alpha value is -1.32. The molecule has 0 spiro atoms. The van der Waals surface area contributed by atoms with Crippen LogP contribution in [0.25, 0.3) is 0 Å². The van der Waals surface area contributed by atoms with E-state index in [9.17, 15) is 14.5 Å². The first kappa shape index (κ1) is 17.1. The summed E-state index contributed by atoms with van der Waals surface area (Å²) >= 11 is 0. The molecule has 0 radical (unpaired) electrons. The number of hydrogen-bond donors (Lipinski definition) is 0. The number of fused-ring (bicyclic) bond motifs is 5. The lowest BCUT2D eigenvalue weighted by atomic mass is 9.46. The molecule has 0 aliphatic heterocycles. The number of carbonyl (C=O) groups is 2. The number of nitroso groups, excluding NO2 is 1. The molecule has 4 rings (SSSR count). The van der Waals surface area contributed by atoms with E-state index in [2.05, 4.69) is 19.0 Å². The normalized spacial score (nSPS) is 45.8. The minimum atomic E-state index is -0.159. The van der Waals surface area contributed by atoms with Gasteiger partial charge in [0.25, 0.3) is 0 Å². The molecule has 6 atom stereocenters. The van der Waals surface area contributed by atoms with E-state index >= 15 is 0 Å². The van der Waals surface area contributed by atoms with Gasteiger partial charge in [-0.2, -0.15) is 4.91 Å². The van der Waals surface area contributed by atoms with Crippen LogP contribution in [0.15, 0.2) is 16.8 Å². The van der Waals surface area contributed by atoms with Crippen molar-refractivity contribution in [2.45, 2.75) is 65.2 Å². The second kappa shape index (κ2) is 5.85. The van der Waals surface area contributed by atoms with Crippen LogP contribution in [-0.2, 0) is 9.59 Å². The molecule has 3 fully saturated rings. The first-order valence-corrected chi connectivity index (χ1v) is 9.96. The number of Topliss-reactive ketones (excluding diaryl/α,β-unsaturated/α-hetero) is 1. The van der Waals surface area contributed by atoms with E-state index in [1.165, 1.54) is 5.57 Å². The van der Waals surface area contributed by atoms with Crippen molar-refractivity contribution in [1.82, 2.24) is 0 Å². The Balaban J connectivity index is 1.62. The van der Waals surface area contributed by atoms with Crippen LogP contribution in [0.1, 0.15) is 65.2 Å². The molecule has 4 aliphatic carbocycles. The molecule has 0 heterocycles. The van der Waals surface area contributed by atoms with Crippen molar-refractivity contribution in [1.29, 1.82) is 0 Å². The zero-order valence-corrected chi connectivity index (χ0v) is 15.4. The van der Waals surface area contributed by atoms with Crippen LogP contribution in [0.5, 0.6) is 0 Å². The van der Waals surface area contributed by atoms with Crippen LogP contribution >= 0.6 is 0 Å². The van der Waals surface area contributed by atoms with Gasteiger partial charge >= 0.3 is 0 Å². The standard InChI is InChI=1S/C21H29NO3/c1-20-9-7-14(23)11-13(20)3-4-15-16-5-6-18(19(24)12-22-25)21(16,2)10-8-17(15)20/h11,15-18H,3-10,12H2,1-2H3/t15?,16?,17?,18-,20+,21+/m1/s1. The molecule has 25 heavy (non-hydrogen) atoms. The van der Waals surface area contributed by atoms with E-state index in [1.807, 2.05) is 6.08 Å². The molecule has 0 bridgehead atoms. The van der Waals surface area contributed by atoms with Crippen LogP contribution in [-0.4, -0.2) is 18.1 Å². The number of nitrogens with zero attached hydrogens (tertiary/aromatic N) is 1. The fourth-order valence-corrected chi connectivity index (χ4v) is 7.26. The van der Waals surface area contributed by atoms with Gasteiger partial charge in [-0.05, 0) is 79.6 Å². The molecular weight excluding hydrogens is 314 g/mol. The van der Waals surface area contributed by atoms with Gasteiger partial charge < -0.3 is 0 Å². The third-order valence-electron chi connectivity index (χ3n) is 8.57. The Morgan fingerprint density at radius 3 is 2.68 bits per heavy atom. The number of carbonyl (C=O) groups excluding carboxylic acids is 2. The van der Waals surface area contributed by atoms with Crippen LogP contribution in [0.4, 0.5) is 0 Å². The largest absolute Gasteiger partial charge is 0.297 e. The summed E-state index contributed by atoms with van der Waals surface area (Å²) in [5, 5.41) is 2.86. The summed E-state index contributed by atoms with van der Waals surface area (Å²) in [5.74, 6) is 2.29. The second-order valence-corrected chi connectivity index (χ2v) is 9.40. The van der Waals surface area contributed by atoms with E-state index in [0.717, 1.165) is 44.9 Å². The molecule has 4 nitrogen and oxygen atoms in total. The molecule has 0 saturated heterocycles. The first-order chi connectivity index (χ1) is 11.9. The zero-order valence-electron chi connectivity index (χ0n) is 15.4. The van der Waals surface area contributed by atoms with Crippen LogP contribution in [0, 0.1) is 39.4 Å². The molecule has 4 heteroatoms. The van der Waals surface area contributed by atoms with Gasteiger partial charge in [-0.25, -0.2) is 0 Å². The van der Waals surface area contributed by atoms with E-state index < -0.39 is 0 Å². The van der Waals surface area contributed by atoms with E-state index in [4.69, 9.17) is 0 Å². The van der Waals surface area contributed by atoms with E-state index in [-0.39, 0.29) is 29.1 Å². The summed E-state index contributed by atoms with van der Waals surface area (Å²) in [6, 6.07) is 0. The van der Waals surface area contributed by atoms with Gasteiger partial charge in [0.2, 0.25) is 0 Å². The van der Waals surface area contributed by atoms with E-state index in [0.29, 0.717) is 30.0 Å². The quantitative estimate of drug-likeness (QED) is 0.710. The van der Waals surface area contributed by atoms with E-state index in [1.54, 1.807) is 0 Å². The first-order valence-electron chi connectivity index (χ1n) is 9.96. The SMILES string of the molecule is C[C@]12CCC(=O)C=C1CCC1C2CC[C@@]2(C)C1CC[C@@H]2C(=O)CN=O. The summed E-state index contributed by atoms with van der Waals surface area (Å²) in [5.41, 5.74) is 1.62. The molecule has 3 unspecified atom stereocenters. The zero-order chi connectivity index (χ0) is 17.8. The number of rotatable bonds is 3. The van der Waals surface area contributed by atoms with Gasteiger partial charge in [0.15, 0.2) is 11.6 Å². The molecule has 0 aromatic heterocycles. The smallest absolute Gasteiger partial charge is 0.161 e. The summed E-state index contributed by atoms with van der Waals surface area (Å²) < 4.78 is 0. The van der Waals surface area contributed by atoms with Gasteiger partial charge in [0.1, 0.15) is 6.54 Å². The predicted molar refractivity (Wildman–Crippen MR) is 95.9 cm³/mol. The second-order valence-electron chi connectivity index (χ2n) is 9.40. The van der Waals surface area contributed by atoms with Crippen LogP contribution in [0.2, 0.25) is 0 Å². The minimum Gasteiger partial charge on any atom is -0.297 e. The lowest BCUT2D eigenvalue weighted by Crippen LogP contribution is -2.51. The van der Waals surface area contributed by atoms with Crippen molar-refractivity contribution in [2.75, 3.05) is 6.54 Å². The highest BCUT2D eigenvalue weighted by Crippen LogP contribution is 2.66.